The summed E-state index contributed by atoms with van der Waals surface area (Å²) in [4.78, 5) is 29.3. The topological polar surface area (TPSA) is 73.4 Å². The summed E-state index contributed by atoms with van der Waals surface area (Å²) in [5.74, 6) is -1.23. The number of aromatic carboxylic acids is 1. The van der Waals surface area contributed by atoms with Gasteiger partial charge in [-0.1, -0.05) is 30.3 Å². The summed E-state index contributed by atoms with van der Waals surface area (Å²) in [6.45, 7) is 0. The van der Waals surface area contributed by atoms with Crippen molar-refractivity contribution in [2.75, 3.05) is 19.0 Å². The number of aromatic nitrogens is 1. The van der Waals surface area contributed by atoms with Crippen LogP contribution in [-0.2, 0) is 0 Å². The molecule has 0 spiro atoms. The van der Waals surface area contributed by atoms with Gasteiger partial charge < -0.3 is 15.0 Å². The van der Waals surface area contributed by atoms with Crippen molar-refractivity contribution >= 4 is 22.6 Å². The number of anilines is 1. The summed E-state index contributed by atoms with van der Waals surface area (Å²) in [7, 11) is 3.73. The third-order valence-corrected chi connectivity index (χ3v) is 3.78. The van der Waals surface area contributed by atoms with Crippen LogP contribution < -0.4 is 10.3 Å². The SMILES string of the molecule is CN(C)c1ccc2[nH]c(-c3ccccc3)c(C(=O)O)c(=O)c2c1. The second-order valence-corrected chi connectivity index (χ2v) is 5.50. The summed E-state index contributed by atoms with van der Waals surface area (Å²) in [5, 5.41) is 9.88. The lowest BCUT2D eigenvalue weighted by molar-refractivity contribution is 0.0696. The zero-order valence-electron chi connectivity index (χ0n) is 12.8. The molecule has 0 aliphatic carbocycles. The summed E-state index contributed by atoms with van der Waals surface area (Å²) in [5.41, 5.74) is 1.73. The third-order valence-electron chi connectivity index (χ3n) is 3.78. The largest absolute Gasteiger partial charge is 0.477 e. The van der Waals surface area contributed by atoms with Gasteiger partial charge in [-0.2, -0.15) is 0 Å². The minimum atomic E-state index is -1.23. The maximum atomic E-state index is 12.7. The van der Waals surface area contributed by atoms with Crippen molar-refractivity contribution in [1.82, 2.24) is 4.98 Å². The van der Waals surface area contributed by atoms with E-state index in [0.717, 1.165) is 5.69 Å². The molecule has 0 saturated heterocycles. The van der Waals surface area contributed by atoms with Crippen molar-refractivity contribution in [3.05, 3.63) is 64.3 Å². The van der Waals surface area contributed by atoms with Crippen LogP contribution >= 0.6 is 0 Å². The standard InChI is InChI=1S/C18H16N2O3/c1-20(2)12-8-9-14-13(10-12)17(21)15(18(22)23)16(19-14)11-6-4-3-5-7-11/h3-10H,1-2H3,(H,19,21)(H,22,23). The molecule has 0 atom stereocenters. The first kappa shape index (κ1) is 14.8. The maximum absolute atomic E-state index is 12.7. The lowest BCUT2D eigenvalue weighted by Gasteiger charge is -2.14. The van der Waals surface area contributed by atoms with Crippen LogP contribution in [-0.4, -0.2) is 30.2 Å². The molecule has 23 heavy (non-hydrogen) atoms. The van der Waals surface area contributed by atoms with Gasteiger partial charge in [0, 0.05) is 30.7 Å². The number of H-pyrrole nitrogens is 1. The molecule has 0 aliphatic rings. The predicted octanol–water partition coefficient (Wildman–Crippen LogP) is 2.96. The van der Waals surface area contributed by atoms with Gasteiger partial charge >= 0.3 is 5.97 Å². The van der Waals surface area contributed by atoms with E-state index < -0.39 is 11.4 Å². The number of carbonyl (C=O) groups is 1. The van der Waals surface area contributed by atoms with Crippen molar-refractivity contribution in [3.8, 4) is 11.3 Å². The molecule has 116 valence electrons. The fourth-order valence-corrected chi connectivity index (χ4v) is 2.58. The molecule has 0 fully saturated rings. The van der Waals surface area contributed by atoms with Crippen molar-refractivity contribution in [3.63, 3.8) is 0 Å². The average Bonchev–Trinajstić information content (AvgIpc) is 2.54. The molecular formula is C18H16N2O3. The number of nitrogens with one attached hydrogen (secondary N) is 1. The quantitative estimate of drug-likeness (QED) is 0.780. The minimum Gasteiger partial charge on any atom is -0.477 e. The molecular weight excluding hydrogens is 292 g/mol. The van der Waals surface area contributed by atoms with Crippen molar-refractivity contribution in [2.24, 2.45) is 0 Å². The molecule has 0 bridgehead atoms. The van der Waals surface area contributed by atoms with Crippen LogP contribution in [0.25, 0.3) is 22.2 Å². The first-order valence-electron chi connectivity index (χ1n) is 7.15. The second-order valence-electron chi connectivity index (χ2n) is 5.50. The molecule has 5 heteroatoms. The minimum absolute atomic E-state index is 0.236. The Labute approximate surface area is 132 Å². The van der Waals surface area contributed by atoms with Gasteiger partial charge in [0.05, 0.1) is 5.69 Å². The average molecular weight is 308 g/mol. The highest BCUT2D eigenvalue weighted by Gasteiger charge is 2.19. The molecule has 2 N–H and O–H groups in total. The van der Waals surface area contributed by atoms with Gasteiger partial charge in [0.1, 0.15) is 5.56 Å². The molecule has 0 unspecified atom stereocenters. The molecule has 0 aliphatic heterocycles. The van der Waals surface area contributed by atoms with E-state index in [9.17, 15) is 14.7 Å². The zero-order chi connectivity index (χ0) is 16.6. The molecule has 1 aromatic heterocycles. The number of carboxylic acid groups (broad SMARTS) is 1. The number of carboxylic acids is 1. The normalized spacial score (nSPS) is 10.7. The molecule has 0 amide bonds. The number of aromatic amines is 1. The van der Waals surface area contributed by atoms with Crippen LogP contribution in [0.4, 0.5) is 5.69 Å². The van der Waals surface area contributed by atoms with Crippen LogP contribution in [0.1, 0.15) is 10.4 Å². The number of benzene rings is 2. The summed E-state index contributed by atoms with van der Waals surface area (Å²) < 4.78 is 0. The van der Waals surface area contributed by atoms with E-state index in [1.54, 1.807) is 36.4 Å². The Kier molecular flexibility index (Phi) is 3.62. The van der Waals surface area contributed by atoms with Crippen molar-refractivity contribution in [2.45, 2.75) is 0 Å². The summed E-state index contributed by atoms with van der Waals surface area (Å²) >= 11 is 0. The molecule has 2 aromatic carbocycles. The fraction of sp³-hybridized carbons (Fsp3) is 0.111. The van der Waals surface area contributed by atoms with E-state index in [1.165, 1.54) is 0 Å². The highest BCUT2D eigenvalue weighted by Crippen LogP contribution is 2.24. The summed E-state index contributed by atoms with van der Waals surface area (Å²) in [6, 6.07) is 14.4. The van der Waals surface area contributed by atoms with E-state index in [2.05, 4.69) is 4.98 Å². The lowest BCUT2D eigenvalue weighted by Crippen LogP contribution is -2.18. The fourth-order valence-electron chi connectivity index (χ4n) is 2.58. The van der Waals surface area contributed by atoms with Gasteiger partial charge in [0.25, 0.3) is 0 Å². The molecule has 1 heterocycles. The number of nitrogens with zero attached hydrogens (tertiary/aromatic N) is 1. The first-order chi connectivity index (χ1) is 11.0. The molecule has 3 rings (SSSR count). The third kappa shape index (κ3) is 2.57. The predicted molar refractivity (Wildman–Crippen MR) is 91.3 cm³/mol. The van der Waals surface area contributed by atoms with Gasteiger partial charge in [-0.15, -0.1) is 0 Å². The van der Waals surface area contributed by atoms with Crippen molar-refractivity contribution in [1.29, 1.82) is 0 Å². The van der Waals surface area contributed by atoms with Crippen LogP contribution in [0.2, 0.25) is 0 Å². The number of hydrogen-bond donors (Lipinski definition) is 2. The Bertz CT molecular complexity index is 944. The molecule has 5 nitrogen and oxygen atoms in total. The Balaban J connectivity index is 2.38. The van der Waals surface area contributed by atoms with E-state index in [0.29, 0.717) is 22.2 Å². The van der Waals surface area contributed by atoms with Crippen LogP contribution in [0.3, 0.4) is 0 Å². The second kappa shape index (κ2) is 5.61. The van der Waals surface area contributed by atoms with E-state index in [4.69, 9.17) is 0 Å². The number of rotatable bonds is 3. The Morgan fingerprint density at radius 3 is 2.39 bits per heavy atom. The zero-order valence-corrected chi connectivity index (χ0v) is 12.8. The van der Waals surface area contributed by atoms with Crippen LogP contribution in [0.5, 0.6) is 0 Å². The first-order valence-corrected chi connectivity index (χ1v) is 7.15. The van der Waals surface area contributed by atoms with Crippen LogP contribution in [0, 0.1) is 0 Å². The van der Waals surface area contributed by atoms with Gasteiger partial charge in [0.15, 0.2) is 0 Å². The number of fused-ring (bicyclic) bond motifs is 1. The van der Waals surface area contributed by atoms with E-state index in [1.807, 2.05) is 31.1 Å². The number of pyridine rings is 1. The van der Waals surface area contributed by atoms with E-state index >= 15 is 0 Å². The van der Waals surface area contributed by atoms with Gasteiger partial charge in [-0.25, -0.2) is 4.79 Å². The Morgan fingerprint density at radius 1 is 1.09 bits per heavy atom. The Hall–Kier alpha value is -3.08. The monoisotopic (exact) mass is 308 g/mol. The molecule has 0 saturated carbocycles. The van der Waals surface area contributed by atoms with Gasteiger partial charge in [-0.05, 0) is 23.8 Å². The van der Waals surface area contributed by atoms with Crippen LogP contribution in [0.15, 0.2) is 53.3 Å². The highest BCUT2D eigenvalue weighted by molar-refractivity contribution is 5.99. The lowest BCUT2D eigenvalue weighted by atomic mass is 10.0. The van der Waals surface area contributed by atoms with Gasteiger partial charge in [0.2, 0.25) is 5.43 Å². The van der Waals surface area contributed by atoms with E-state index in [-0.39, 0.29) is 5.56 Å². The van der Waals surface area contributed by atoms with Gasteiger partial charge in [-0.3, -0.25) is 4.79 Å². The summed E-state index contributed by atoms with van der Waals surface area (Å²) in [6.07, 6.45) is 0. The Morgan fingerprint density at radius 2 is 1.78 bits per heavy atom. The smallest absolute Gasteiger partial charge is 0.341 e. The maximum Gasteiger partial charge on any atom is 0.341 e. The molecule has 3 aromatic rings. The van der Waals surface area contributed by atoms with Crippen molar-refractivity contribution < 1.29 is 9.90 Å². The molecule has 0 radical (unpaired) electrons. The number of hydrogen-bond acceptors (Lipinski definition) is 3. The highest BCUT2D eigenvalue weighted by atomic mass is 16.4.